The van der Waals surface area contributed by atoms with Crippen LogP contribution in [0, 0.1) is 0 Å². The van der Waals surface area contributed by atoms with Crippen molar-refractivity contribution in [3.05, 3.63) is 0 Å². The molecule has 0 heterocycles. The Balaban J connectivity index is 0. The lowest BCUT2D eigenvalue weighted by Gasteiger charge is -2.14. The number of hydrogen-bond donors (Lipinski definition) is 1. The van der Waals surface area contributed by atoms with Crippen LogP contribution in [0.3, 0.4) is 0 Å². The van der Waals surface area contributed by atoms with Crippen LogP contribution in [-0.4, -0.2) is 44.8 Å². The van der Waals surface area contributed by atoms with Crippen LogP contribution in [0.2, 0.25) is 0 Å². The number of likely N-dealkylation sites (N-methyl/N-ethyl adjacent to an activating group) is 1. The highest BCUT2D eigenvalue weighted by Crippen LogP contribution is 1.83. The maximum Gasteiger partial charge on any atom is 0.102 e. The first-order valence-corrected chi connectivity index (χ1v) is 5.26. The molecule has 0 radical (unpaired) electrons. The molecule has 13 heavy (non-hydrogen) atoms. The van der Waals surface area contributed by atoms with E-state index in [1.165, 1.54) is 6.42 Å². The van der Waals surface area contributed by atoms with Gasteiger partial charge in [-0.25, -0.2) is 4.39 Å². The molecule has 0 saturated carbocycles. The third kappa shape index (κ3) is 14.7. The molecule has 0 saturated heterocycles. The van der Waals surface area contributed by atoms with Crippen molar-refractivity contribution in [2.24, 2.45) is 0 Å². The quantitative estimate of drug-likeness (QED) is 0.620. The zero-order valence-electron chi connectivity index (χ0n) is 9.57. The van der Waals surface area contributed by atoms with E-state index >= 15 is 0 Å². The van der Waals surface area contributed by atoms with Crippen molar-refractivity contribution in [1.82, 2.24) is 10.2 Å². The smallest absolute Gasteiger partial charge is 0.102 e. The molecule has 0 atom stereocenters. The molecule has 0 amide bonds. The van der Waals surface area contributed by atoms with Crippen LogP contribution in [0.1, 0.15) is 27.2 Å². The minimum Gasteiger partial charge on any atom is -0.313 e. The van der Waals surface area contributed by atoms with E-state index in [4.69, 9.17) is 0 Å². The average Bonchev–Trinajstić information content (AvgIpc) is 2.16. The lowest BCUT2D eigenvalue weighted by atomic mass is 10.4. The third-order valence-corrected chi connectivity index (χ3v) is 1.55. The summed E-state index contributed by atoms with van der Waals surface area (Å²) >= 11 is 0. The van der Waals surface area contributed by atoms with Gasteiger partial charge in [-0.1, -0.05) is 20.8 Å². The second-order valence-electron chi connectivity index (χ2n) is 2.74. The van der Waals surface area contributed by atoms with Crippen molar-refractivity contribution in [1.29, 1.82) is 0 Å². The summed E-state index contributed by atoms with van der Waals surface area (Å²) < 4.78 is 11.6. The number of halogens is 1. The molecule has 0 aromatic rings. The first kappa shape index (κ1) is 15.3. The summed E-state index contributed by atoms with van der Waals surface area (Å²) in [5, 5.41) is 3.01. The van der Waals surface area contributed by atoms with Gasteiger partial charge in [0, 0.05) is 19.6 Å². The van der Waals surface area contributed by atoms with Gasteiger partial charge in [0.1, 0.15) is 6.67 Å². The summed E-state index contributed by atoms with van der Waals surface area (Å²) in [7, 11) is 2.08. The molecule has 0 aromatic carbocycles. The summed E-state index contributed by atoms with van der Waals surface area (Å²) in [5.74, 6) is 0. The van der Waals surface area contributed by atoms with Gasteiger partial charge in [-0.15, -0.1) is 0 Å². The summed E-state index contributed by atoms with van der Waals surface area (Å²) in [5.41, 5.74) is 0. The summed E-state index contributed by atoms with van der Waals surface area (Å²) in [6.45, 7) is 9.40. The fraction of sp³-hybridized carbons (Fsp3) is 1.00. The van der Waals surface area contributed by atoms with Gasteiger partial charge in [0.25, 0.3) is 0 Å². The Kier molecular flexibility index (Phi) is 17.0. The minimum atomic E-state index is -0.266. The zero-order valence-corrected chi connectivity index (χ0v) is 9.57. The number of rotatable bonds is 7. The Hall–Kier alpha value is -0.150. The fourth-order valence-electron chi connectivity index (χ4n) is 0.955. The zero-order chi connectivity index (χ0) is 10.5. The normalized spacial score (nSPS) is 9.69. The maximum atomic E-state index is 11.6. The van der Waals surface area contributed by atoms with Gasteiger partial charge >= 0.3 is 0 Å². The molecule has 0 spiro atoms. The van der Waals surface area contributed by atoms with Crippen molar-refractivity contribution < 1.29 is 4.39 Å². The first-order valence-electron chi connectivity index (χ1n) is 5.26. The van der Waals surface area contributed by atoms with E-state index in [1.54, 1.807) is 0 Å². The molecule has 0 aliphatic rings. The standard InChI is InChI=1S/C8H19FN2.C2H6/c1-3-7-11(2)8-6-10-5-4-9;1-2/h10H,3-8H2,1-2H3;1-2H3. The molecular formula is C10H25FN2. The van der Waals surface area contributed by atoms with Crippen molar-refractivity contribution in [3.63, 3.8) is 0 Å². The predicted octanol–water partition coefficient (Wildman–Crippen LogP) is 1.91. The van der Waals surface area contributed by atoms with E-state index in [0.717, 1.165) is 19.6 Å². The molecule has 0 rings (SSSR count). The average molecular weight is 192 g/mol. The van der Waals surface area contributed by atoms with Crippen LogP contribution >= 0.6 is 0 Å². The second-order valence-corrected chi connectivity index (χ2v) is 2.74. The van der Waals surface area contributed by atoms with Crippen LogP contribution in [0.15, 0.2) is 0 Å². The van der Waals surface area contributed by atoms with Gasteiger partial charge in [-0.2, -0.15) is 0 Å². The minimum absolute atomic E-state index is 0.266. The van der Waals surface area contributed by atoms with Crippen molar-refractivity contribution in [2.45, 2.75) is 27.2 Å². The predicted molar refractivity (Wildman–Crippen MR) is 58.0 cm³/mol. The number of hydrogen-bond acceptors (Lipinski definition) is 2. The molecule has 0 bridgehead atoms. The molecule has 0 unspecified atom stereocenters. The van der Waals surface area contributed by atoms with Crippen LogP contribution in [0.5, 0.6) is 0 Å². The van der Waals surface area contributed by atoms with E-state index in [9.17, 15) is 4.39 Å². The first-order chi connectivity index (χ1) is 6.31. The van der Waals surface area contributed by atoms with E-state index in [0.29, 0.717) is 6.54 Å². The Morgan fingerprint density at radius 2 is 1.77 bits per heavy atom. The Bertz CT molecular complexity index is 79.3. The van der Waals surface area contributed by atoms with E-state index < -0.39 is 0 Å². The Labute approximate surface area is 82.5 Å². The van der Waals surface area contributed by atoms with Crippen LogP contribution < -0.4 is 5.32 Å². The number of alkyl halides is 1. The molecule has 1 N–H and O–H groups in total. The van der Waals surface area contributed by atoms with Crippen molar-refractivity contribution in [3.8, 4) is 0 Å². The molecular weight excluding hydrogens is 167 g/mol. The highest BCUT2D eigenvalue weighted by molar-refractivity contribution is 4.52. The van der Waals surface area contributed by atoms with E-state index in [1.807, 2.05) is 13.8 Å². The molecule has 0 aromatic heterocycles. The summed E-state index contributed by atoms with van der Waals surface area (Å²) in [6, 6.07) is 0. The Morgan fingerprint density at radius 3 is 2.23 bits per heavy atom. The van der Waals surface area contributed by atoms with Gasteiger partial charge < -0.3 is 10.2 Å². The van der Waals surface area contributed by atoms with E-state index in [2.05, 4.69) is 24.2 Å². The monoisotopic (exact) mass is 192 g/mol. The molecule has 3 heteroatoms. The topological polar surface area (TPSA) is 15.3 Å². The fourth-order valence-corrected chi connectivity index (χ4v) is 0.955. The second kappa shape index (κ2) is 14.4. The van der Waals surface area contributed by atoms with Gasteiger partial charge in [0.2, 0.25) is 0 Å². The lowest BCUT2D eigenvalue weighted by molar-refractivity contribution is 0.329. The van der Waals surface area contributed by atoms with Crippen LogP contribution in [0.25, 0.3) is 0 Å². The van der Waals surface area contributed by atoms with E-state index in [-0.39, 0.29) is 6.67 Å². The summed E-state index contributed by atoms with van der Waals surface area (Å²) in [6.07, 6.45) is 1.18. The van der Waals surface area contributed by atoms with Crippen molar-refractivity contribution in [2.75, 3.05) is 39.9 Å². The molecule has 2 nitrogen and oxygen atoms in total. The van der Waals surface area contributed by atoms with Gasteiger partial charge in [-0.3, -0.25) is 0 Å². The highest BCUT2D eigenvalue weighted by atomic mass is 19.1. The summed E-state index contributed by atoms with van der Waals surface area (Å²) in [4.78, 5) is 2.24. The van der Waals surface area contributed by atoms with Gasteiger partial charge in [0.15, 0.2) is 0 Å². The van der Waals surface area contributed by atoms with Crippen LogP contribution in [-0.2, 0) is 0 Å². The Morgan fingerprint density at radius 1 is 1.15 bits per heavy atom. The molecule has 82 valence electrons. The molecule has 0 fully saturated rings. The third-order valence-electron chi connectivity index (χ3n) is 1.55. The van der Waals surface area contributed by atoms with Gasteiger partial charge in [0.05, 0.1) is 0 Å². The van der Waals surface area contributed by atoms with Crippen LogP contribution in [0.4, 0.5) is 4.39 Å². The van der Waals surface area contributed by atoms with Crippen molar-refractivity contribution >= 4 is 0 Å². The SMILES string of the molecule is CC.CCCN(C)CCNCCF. The lowest BCUT2D eigenvalue weighted by Crippen LogP contribution is -2.30. The molecule has 0 aliphatic heterocycles. The number of nitrogens with zero attached hydrogens (tertiary/aromatic N) is 1. The number of nitrogens with one attached hydrogen (secondary N) is 1. The van der Waals surface area contributed by atoms with Gasteiger partial charge in [-0.05, 0) is 20.0 Å². The maximum absolute atomic E-state index is 11.6. The largest absolute Gasteiger partial charge is 0.313 e. The molecule has 0 aliphatic carbocycles. The highest BCUT2D eigenvalue weighted by Gasteiger charge is 1.94.